The highest BCUT2D eigenvalue weighted by Crippen LogP contribution is 2.28. The summed E-state index contributed by atoms with van der Waals surface area (Å²) >= 11 is 13.8. The minimum absolute atomic E-state index is 0.0423. The number of halogens is 2. The summed E-state index contributed by atoms with van der Waals surface area (Å²) in [6.07, 6.45) is 1.46. The van der Waals surface area contributed by atoms with Crippen molar-refractivity contribution < 1.29 is 14.4 Å². The summed E-state index contributed by atoms with van der Waals surface area (Å²) in [5.74, 6) is -1.38. The van der Waals surface area contributed by atoms with E-state index in [1.807, 2.05) is 30.3 Å². The van der Waals surface area contributed by atoms with Gasteiger partial charge in [-0.05, 0) is 80.1 Å². The second-order valence-corrected chi connectivity index (χ2v) is 12.9. The molecule has 48 heavy (non-hydrogen) atoms. The molecule has 12 heteroatoms. The molecule has 5 aromatic rings. The van der Waals surface area contributed by atoms with Crippen LogP contribution in [0.4, 0.5) is 11.4 Å². The van der Waals surface area contributed by atoms with Gasteiger partial charge in [0.1, 0.15) is 11.4 Å². The molecule has 5 rings (SSSR count). The molecule has 1 unspecified atom stereocenters. The third-order valence-electron chi connectivity index (χ3n) is 7.41. The molecule has 0 saturated heterocycles. The predicted molar refractivity (Wildman–Crippen MR) is 193 cm³/mol. The number of para-hydroxylation sites is 1. The fourth-order valence-electron chi connectivity index (χ4n) is 4.74. The highest BCUT2D eigenvalue weighted by atomic mass is 35.5. The van der Waals surface area contributed by atoms with Crippen LogP contribution in [-0.4, -0.2) is 32.3 Å². The van der Waals surface area contributed by atoms with E-state index < -0.39 is 17.1 Å². The molecule has 0 aliphatic carbocycles. The third-order valence-corrected chi connectivity index (χ3v) is 9.35. The Morgan fingerprint density at radius 3 is 2.15 bits per heavy atom. The van der Waals surface area contributed by atoms with E-state index in [9.17, 15) is 19.2 Å². The fraction of sp³-hybridized carbons (Fsp3) is 0.111. The molecule has 3 amide bonds. The Morgan fingerprint density at radius 1 is 0.833 bits per heavy atom. The topological polar surface area (TPSA) is 114 Å². The van der Waals surface area contributed by atoms with E-state index in [0.29, 0.717) is 33.2 Å². The van der Waals surface area contributed by atoms with E-state index in [2.05, 4.69) is 16.0 Å². The van der Waals surface area contributed by atoms with Gasteiger partial charge in [-0.25, -0.2) is 4.68 Å². The molecule has 1 atom stereocenters. The molecule has 1 heterocycles. The predicted octanol–water partition coefficient (Wildman–Crippen LogP) is 7.32. The van der Waals surface area contributed by atoms with E-state index in [4.69, 9.17) is 23.2 Å². The average molecular weight is 701 g/mol. The molecular weight excluding hydrogens is 669 g/mol. The van der Waals surface area contributed by atoms with Gasteiger partial charge in [0, 0.05) is 23.2 Å². The van der Waals surface area contributed by atoms with Crippen molar-refractivity contribution in [2.45, 2.75) is 24.0 Å². The van der Waals surface area contributed by atoms with Gasteiger partial charge in [0.2, 0.25) is 5.91 Å². The first-order chi connectivity index (χ1) is 23.0. The molecule has 0 spiro atoms. The maximum atomic E-state index is 13.4. The molecule has 244 valence electrons. The van der Waals surface area contributed by atoms with Gasteiger partial charge in [-0.15, -0.1) is 11.8 Å². The summed E-state index contributed by atoms with van der Waals surface area (Å²) in [4.78, 5) is 53.5. The van der Waals surface area contributed by atoms with Gasteiger partial charge in [-0.2, -0.15) is 0 Å². The molecule has 3 N–H and O–H groups in total. The molecular formula is C36H31Cl2N5O4S. The highest BCUT2D eigenvalue weighted by molar-refractivity contribution is 8.00. The lowest BCUT2D eigenvalue weighted by atomic mass is 10.1. The van der Waals surface area contributed by atoms with Gasteiger partial charge in [0.25, 0.3) is 17.4 Å². The van der Waals surface area contributed by atoms with Crippen LogP contribution in [0.1, 0.15) is 28.5 Å². The summed E-state index contributed by atoms with van der Waals surface area (Å²) in [7, 11) is 1.76. The lowest BCUT2D eigenvalue weighted by Gasteiger charge is -2.13. The second kappa shape index (κ2) is 15.2. The van der Waals surface area contributed by atoms with Gasteiger partial charge >= 0.3 is 0 Å². The first-order valence-corrected chi connectivity index (χ1v) is 16.4. The highest BCUT2D eigenvalue weighted by Gasteiger charge is 2.22. The summed E-state index contributed by atoms with van der Waals surface area (Å²) in [6.45, 7) is 3.52. The molecule has 0 radical (unpaired) electrons. The number of carbonyl (C=O) groups is 3. The molecule has 4 aromatic carbocycles. The normalized spacial score (nSPS) is 11.9. The zero-order valence-corrected chi connectivity index (χ0v) is 28.5. The summed E-state index contributed by atoms with van der Waals surface area (Å²) in [5, 5.41) is 8.28. The Bertz CT molecular complexity index is 2060. The first kappa shape index (κ1) is 34.3. The summed E-state index contributed by atoms with van der Waals surface area (Å²) in [5.41, 5.74) is 2.46. The maximum Gasteiger partial charge on any atom is 0.295 e. The second-order valence-electron chi connectivity index (χ2n) is 10.7. The number of thioether (sulfide) groups is 1. The molecule has 0 aliphatic heterocycles. The van der Waals surface area contributed by atoms with Crippen molar-refractivity contribution in [3.05, 3.63) is 146 Å². The Kier molecular flexibility index (Phi) is 10.9. The number of nitrogens with one attached hydrogen (secondary N) is 3. The maximum absolute atomic E-state index is 13.4. The van der Waals surface area contributed by atoms with Gasteiger partial charge in [0.15, 0.2) is 0 Å². The number of anilines is 2. The lowest BCUT2D eigenvalue weighted by molar-refractivity contribution is -0.115. The SMILES string of the molecule is Cc1c(NC(=O)C(C)Sc2ccc(NC(=O)/C(=C/c3cccc(Cl)c3Cl)NC(=O)c3ccccc3)cc2)c(=O)n(-c2ccccc2)n1C. The number of aromatic nitrogens is 2. The molecule has 1 aromatic heterocycles. The number of benzene rings is 4. The van der Waals surface area contributed by atoms with Crippen molar-refractivity contribution in [3.63, 3.8) is 0 Å². The van der Waals surface area contributed by atoms with Crippen LogP contribution >= 0.6 is 35.0 Å². The van der Waals surface area contributed by atoms with Gasteiger partial charge < -0.3 is 16.0 Å². The van der Waals surface area contributed by atoms with Crippen LogP contribution < -0.4 is 21.5 Å². The van der Waals surface area contributed by atoms with Crippen molar-refractivity contribution in [1.82, 2.24) is 14.7 Å². The monoisotopic (exact) mass is 699 g/mol. The van der Waals surface area contributed by atoms with E-state index >= 15 is 0 Å². The molecule has 0 saturated carbocycles. The summed E-state index contributed by atoms with van der Waals surface area (Å²) in [6, 6.07) is 29.6. The van der Waals surface area contributed by atoms with Crippen molar-refractivity contribution in [2.75, 3.05) is 10.6 Å². The number of nitrogens with zero attached hydrogens (tertiary/aromatic N) is 2. The van der Waals surface area contributed by atoms with E-state index in [0.717, 1.165) is 4.90 Å². The number of hydrogen-bond donors (Lipinski definition) is 3. The third kappa shape index (κ3) is 7.91. The Hall–Kier alpha value is -5.03. The van der Waals surface area contributed by atoms with Crippen LogP contribution in [0.25, 0.3) is 11.8 Å². The lowest BCUT2D eigenvalue weighted by Crippen LogP contribution is -2.30. The van der Waals surface area contributed by atoms with Crippen molar-refractivity contribution in [1.29, 1.82) is 0 Å². The molecule has 0 bridgehead atoms. The first-order valence-electron chi connectivity index (χ1n) is 14.8. The minimum Gasteiger partial charge on any atom is -0.321 e. The minimum atomic E-state index is -0.581. The van der Waals surface area contributed by atoms with Crippen LogP contribution in [0.5, 0.6) is 0 Å². The zero-order chi connectivity index (χ0) is 34.4. The Morgan fingerprint density at radius 2 is 1.48 bits per heavy atom. The molecule has 0 aliphatic rings. The van der Waals surface area contributed by atoms with Crippen molar-refractivity contribution >= 4 is 70.1 Å². The van der Waals surface area contributed by atoms with E-state index in [-0.39, 0.29) is 27.9 Å². The van der Waals surface area contributed by atoms with E-state index in [1.165, 1.54) is 22.5 Å². The van der Waals surface area contributed by atoms with Crippen LogP contribution in [0.2, 0.25) is 10.0 Å². The molecule has 9 nitrogen and oxygen atoms in total. The van der Waals surface area contributed by atoms with Crippen molar-refractivity contribution in [2.24, 2.45) is 7.05 Å². The fourth-order valence-corrected chi connectivity index (χ4v) is 5.97. The zero-order valence-electron chi connectivity index (χ0n) is 26.2. The van der Waals surface area contributed by atoms with Gasteiger partial charge in [-0.3, -0.25) is 23.9 Å². The van der Waals surface area contributed by atoms with Crippen LogP contribution in [0.15, 0.2) is 119 Å². The van der Waals surface area contributed by atoms with Crippen LogP contribution in [-0.2, 0) is 16.6 Å². The standard InChI is InChI=1S/C36H31Cl2N5O4S/c1-22-32(36(47)43(42(22)3)27-14-8-5-9-15-27)41-33(44)23(2)48-28-19-17-26(18-20-28)39-35(46)30(21-25-13-10-16-29(37)31(25)38)40-34(45)24-11-6-4-7-12-24/h4-21,23H,1-3H3,(H,39,46)(H,40,45)(H,41,44)/b30-21-. The van der Waals surface area contributed by atoms with Gasteiger partial charge in [0.05, 0.1) is 26.7 Å². The Labute approximate surface area is 291 Å². The van der Waals surface area contributed by atoms with Crippen LogP contribution in [0, 0.1) is 6.92 Å². The number of hydrogen-bond acceptors (Lipinski definition) is 5. The number of carbonyl (C=O) groups excluding carboxylic acids is 3. The smallest absolute Gasteiger partial charge is 0.295 e. The average Bonchev–Trinajstić information content (AvgIpc) is 3.30. The quantitative estimate of drug-likeness (QED) is 0.104. The number of rotatable bonds is 10. The van der Waals surface area contributed by atoms with Crippen molar-refractivity contribution in [3.8, 4) is 5.69 Å². The van der Waals surface area contributed by atoms with Crippen LogP contribution in [0.3, 0.4) is 0 Å². The largest absolute Gasteiger partial charge is 0.321 e. The summed E-state index contributed by atoms with van der Waals surface area (Å²) < 4.78 is 3.21. The molecule has 0 fully saturated rings. The van der Waals surface area contributed by atoms with E-state index in [1.54, 1.807) is 98.4 Å². The Balaban J connectivity index is 1.27. The number of amides is 3. The van der Waals surface area contributed by atoms with Gasteiger partial charge in [-0.1, -0.05) is 71.7 Å².